The van der Waals surface area contributed by atoms with Crippen molar-refractivity contribution in [2.24, 2.45) is 11.8 Å². The van der Waals surface area contributed by atoms with Crippen LogP contribution in [0.1, 0.15) is 18.9 Å². The van der Waals surface area contributed by atoms with Crippen molar-refractivity contribution in [3.05, 3.63) is 29.8 Å². The van der Waals surface area contributed by atoms with Gasteiger partial charge in [-0.25, -0.2) is 0 Å². The predicted octanol–water partition coefficient (Wildman–Crippen LogP) is 1.42. The van der Waals surface area contributed by atoms with Crippen molar-refractivity contribution >= 4 is 11.9 Å². The Morgan fingerprint density at radius 3 is 2.84 bits per heavy atom. The molecule has 19 heavy (non-hydrogen) atoms. The molecular formula is C14H17NO4. The number of carboxylic acids is 1. The third-order valence-corrected chi connectivity index (χ3v) is 3.12. The van der Waals surface area contributed by atoms with Crippen molar-refractivity contribution in [1.29, 1.82) is 0 Å². The van der Waals surface area contributed by atoms with E-state index in [0.29, 0.717) is 19.6 Å². The first-order valence-electron chi connectivity index (χ1n) is 6.34. The van der Waals surface area contributed by atoms with E-state index in [0.717, 1.165) is 11.3 Å². The van der Waals surface area contributed by atoms with Crippen LogP contribution in [-0.4, -0.2) is 23.6 Å². The topological polar surface area (TPSA) is 75.6 Å². The van der Waals surface area contributed by atoms with Crippen LogP contribution in [0.2, 0.25) is 0 Å². The number of ether oxygens (including phenoxy) is 1. The fraction of sp³-hybridized carbons (Fsp3) is 0.429. The second kappa shape index (κ2) is 5.73. The Labute approximate surface area is 111 Å². The molecule has 5 heteroatoms. The Morgan fingerprint density at radius 2 is 2.21 bits per heavy atom. The molecule has 2 atom stereocenters. The summed E-state index contributed by atoms with van der Waals surface area (Å²) in [6, 6.07) is 7.48. The van der Waals surface area contributed by atoms with Crippen molar-refractivity contribution in [3.63, 3.8) is 0 Å². The molecule has 1 amide bonds. The van der Waals surface area contributed by atoms with Gasteiger partial charge in [0.15, 0.2) is 0 Å². The number of nitrogens with one attached hydrogen (secondary N) is 1. The fourth-order valence-corrected chi connectivity index (χ4v) is 1.99. The van der Waals surface area contributed by atoms with Gasteiger partial charge in [-0.15, -0.1) is 0 Å². The molecule has 0 aliphatic heterocycles. The molecule has 0 spiro atoms. The lowest BCUT2D eigenvalue weighted by molar-refractivity contribution is -0.140. The van der Waals surface area contributed by atoms with Gasteiger partial charge in [0.1, 0.15) is 5.75 Å². The van der Waals surface area contributed by atoms with Crippen molar-refractivity contribution in [3.8, 4) is 5.75 Å². The first-order valence-corrected chi connectivity index (χ1v) is 6.34. The molecule has 2 N–H and O–H groups in total. The summed E-state index contributed by atoms with van der Waals surface area (Å²) in [5, 5.41) is 11.5. The van der Waals surface area contributed by atoms with E-state index in [1.807, 2.05) is 31.2 Å². The van der Waals surface area contributed by atoms with Gasteiger partial charge >= 0.3 is 5.97 Å². The van der Waals surface area contributed by atoms with Gasteiger partial charge < -0.3 is 15.2 Å². The third kappa shape index (κ3) is 3.47. The summed E-state index contributed by atoms with van der Waals surface area (Å²) in [5.41, 5.74) is 0.937. The summed E-state index contributed by atoms with van der Waals surface area (Å²) >= 11 is 0. The molecule has 0 heterocycles. The smallest absolute Gasteiger partial charge is 0.307 e. The molecule has 0 unspecified atom stereocenters. The largest absolute Gasteiger partial charge is 0.494 e. The van der Waals surface area contributed by atoms with Crippen LogP contribution >= 0.6 is 0 Å². The number of carbonyl (C=O) groups excluding carboxylic acids is 1. The number of hydrogen-bond acceptors (Lipinski definition) is 3. The Bertz CT molecular complexity index is 486. The van der Waals surface area contributed by atoms with Crippen LogP contribution in [0.25, 0.3) is 0 Å². The van der Waals surface area contributed by atoms with Gasteiger partial charge in [0, 0.05) is 6.54 Å². The van der Waals surface area contributed by atoms with Crippen LogP contribution in [0.3, 0.4) is 0 Å². The number of hydrogen-bond donors (Lipinski definition) is 2. The summed E-state index contributed by atoms with van der Waals surface area (Å²) in [6.45, 7) is 2.90. The van der Waals surface area contributed by atoms with Crippen LogP contribution in [0.15, 0.2) is 24.3 Å². The van der Waals surface area contributed by atoms with E-state index in [4.69, 9.17) is 9.84 Å². The van der Waals surface area contributed by atoms with Crippen LogP contribution < -0.4 is 10.1 Å². The Hall–Kier alpha value is -2.04. The Kier molecular flexibility index (Phi) is 4.04. The number of carbonyl (C=O) groups is 2. The van der Waals surface area contributed by atoms with Gasteiger partial charge in [-0.2, -0.15) is 0 Å². The average Bonchev–Trinajstić information content (AvgIpc) is 3.17. The van der Waals surface area contributed by atoms with E-state index in [1.165, 1.54) is 0 Å². The lowest BCUT2D eigenvalue weighted by Gasteiger charge is -2.07. The molecule has 0 saturated heterocycles. The number of amides is 1. The maximum absolute atomic E-state index is 11.7. The Balaban J connectivity index is 1.84. The molecule has 0 bridgehead atoms. The molecule has 1 aromatic rings. The molecule has 0 aromatic heterocycles. The zero-order chi connectivity index (χ0) is 13.8. The minimum Gasteiger partial charge on any atom is -0.494 e. The molecule has 1 saturated carbocycles. The summed E-state index contributed by atoms with van der Waals surface area (Å²) in [5.74, 6) is -1.18. The second-order valence-electron chi connectivity index (χ2n) is 4.59. The van der Waals surface area contributed by atoms with E-state index in [9.17, 15) is 9.59 Å². The lowest BCUT2D eigenvalue weighted by Crippen LogP contribution is -2.25. The summed E-state index contributed by atoms with van der Waals surface area (Å²) < 4.78 is 5.37. The lowest BCUT2D eigenvalue weighted by atomic mass is 10.2. The van der Waals surface area contributed by atoms with Gasteiger partial charge in [-0.05, 0) is 31.0 Å². The van der Waals surface area contributed by atoms with Crippen molar-refractivity contribution in [2.45, 2.75) is 19.9 Å². The van der Waals surface area contributed by atoms with Crippen molar-refractivity contribution in [2.75, 3.05) is 6.61 Å². The van der Waals surface area contributed by atoms with Crippen LogP contribution in [-0.2, 0) is 16.1 Å². The summed E-state index contributed by atoms with van der Waals surface area (Å²) in [6.07, 6.45) is 0.445. The molecule has 2 rings (SSSR count). The van der Waals surface area contributed by atoms with Gasteiger partial charge in [0.25, 0.3) is 0 Å². The van der Waals surface area contributed by atoms with Crippen molar-refractivity contribution < 1.29 is 19.4 Å². The highest BCUT2D eigenvalue weighted by atomic mass is 16.5. The molecule has 5 nitrogen and oxygen atoms in total. The fourth-order valence-electron chi connectivity index (χ4n) is 1.99. The Morgan fingerprint density at radius 1 is 1.42 bits per heavy atom. The van der Waals surface area contributed by atoms with E-state index in [2.05, 4.69) is 5.32 Å². The van der Waals surface area contributed by atoms with E-state index >= 15 is 0 Å². The summed E-state index contributed by atoms with van der Waals surface area (Å²) in [7, 11) is 0. The highest BCUT2D eigenvalue weighted by Crippen LogP contribution is 2.38. The third-order valence-electron chi connectivity index (χ3n) is 3.12. The van der Waals surface area contributed by atoms with E-state index < -0.39 is 11.9 Å². The molecule has 0 radical (unpaired) electrons. The van der Waals surface area contributed by atoms with Crippen molar-refractivity contribution in [1.82, 2.24) is 5.32 Å². The van der Waals surface area contributed by atoms with Crippen LogP contribution in [0.4, 0.5) is 0 Å². The molecule has 1 aliphatic rings. The van der Waals surface area contributed by atoms with E-state index in [-0.39, 0.29) is 11.8 Å². The quantitative estimate of drug-likeness (QED) is 0.814. The zero-order valence-electron chi connectivity index (χ0n) is 10.8. The molecular weight excluding hydrogens is 246 g/mol. The number of aliphatic carboxylic acids is 1. The molecule has 1 fully saturated rings. The molecule has 1 aliphatic carbocycles. The van der Waals surface area contributed by atoms with Crippen LogP contribution in [0.5, 0.6) is 5.75 Å². The van der Waals surface area contributed by atoms with Crippen LogP contribution in [0, 0.1) is 11.8 Å². The van der Waals surface area contributed by atoms with Gasteiger partial charge in [-0.3, -0.25) is 9.59 Å². The average molecular weight is 263 g/mol. The standard InChI is InChI=1S/C14H17NO4/c1-2-19-10-5-3-4-9(6-10)8-15-13(16)11-7-12(11)14(17)18/h3-6,11-12H,2,7-8H2,1H3,(H,15,16)(H,17,18)/t11-,12+/m0/s1. The summed E-state index contributed by atoms with van der Waals surface area (Å²) in [4.78, 5) is 22.4. The normalized spacial score (nSPS) is 20.7. The zero-order valence-corrected chi connectivity index (χ0v) is 10.8. The minimum atomic E-state index is -0.890. The first kappa shape index (κ1) is 13.4. The SMILES string of the molecule is CCOc1cccc(CNC(=O)[C@H]2C[C@H]2C(=O)O)c1. The van der Waals surface area contributed by atoms with Gasteiger partial charge in [-0.1, -0.05) is 12.1 Å². The highest BCUT2D eigenvalue weighted by molar-refractivity contribution is 5.89. The maximum Gasteiger partial charge on any atom is 0.307 e. The molecule has 1 aromatic carbocycles. The number of carboxylic acid groups (broad SMARTS) is 1. The first-order chi connectivity index (χ1) is 9.11. The second-order valence-corrected chi connectivity index (χ2v) is 4.59. The number of rotatable bonds is 6. The maximum atomic E-state index is 11.7. The van der Waals surface area contributed by atoms with Gasteiger partial charge in [0.2, 0.25) is 5.91 Å². The highest BCUT2D eigenvalue weighted by Gasteiger charge is 2.48. The minimum absolute atomic E-state index is 0.186. The predicted molar refractivity (Wildman–Crippen MR) is 68.7 cm³/mol. The molecule has 102 valence electrons. The monoisotopic (exact) mass is 263 g/mol. The number of benzene rings is 1. The van der Waals surface area contributed by atoms with E-state index in [1.54, 1.807) is 0 Å². The van der Waals surface area contributed by atoms with Gasteiger partial charge in [0.05, 0.1) is 18.4 Å².